The molecule has 1 aromatic heterocycles. The minimum Gasteiger partial charge on any atom is -0.493 e. The van der Waals surface area contributed by atoms with Gasteiger partial charge in [-0.05, 0) is 37.3 Å². The van der Waals surface area contributed by atoms with E-state index in [1.54, 1.807) is 24.0 Å². The van der Waals surface area contributed by atoms with Crippen molar-refractivity contribution in [3.05, 3.63) is 47.3 Å². The summed E-state index contributed by atoms with van der Waals surface area (Å²) in [4.78, 5) is 12.2. The van der Waals surface area contributed by atoms with E-state index in [9.17, 15) is 13.6 Å². The third-order valence-electron chi connectivity index (χ3n) is 3.13. The van der Waals surface area contributed by atoms with E-state index < -0.39 is 6.61 Å². The highest BCUT2D eigenvalue weighted by Crippen LogP contribution is 2.29. The highest BCUT2D eigenvalue weighted by atomic mass is 19.3. The molecule has 0 N–H and O–H groups in total. The number of benzene rings is 1. The maximum absolute atomic E-state index is 12.3. The van der Waals surface area contributed by atoms with Gasteiger partial charge < -0.3 is 9.47 Å². The van der Waals surface area contributed by atoms with Crippen molar-refractivity contribution in [3.8, 4) is 11.5 Å². The van der Waals surface area contributed by atoms with Gasteiger partial charge in [-0.25, -0.2) is 0 Å². The Morgan fingerprint density at radius 3 is 2.65 bits per heavy atom. The van der Waals surface area contributed by atoms with Crippen LogP contribution in [-0.4, -0.2) is 29.3 Å². The molecule has 0 radical (unpaired) electrons. The van der Waals surface area contributed by atoms with Crippen molar-refractivity contribution in [1.82, 2.24) is 9.78 Å². The van der Waals surface area contributed by atoms with Crippen LogP contribution in [0.25, 0.3) is 6.08 Å². The summed E-state index contributed by atoms with van der Waals surface area (Å²) in [5, 5.41) is 4.17. The second-order valence-corrected chi connectivity index (χ2v) is 4.79. The van der Waals surface area contributed by atoms with Gasteiger partial charge in [0.1, 0.15) is 0 Å². The molecule has 0 aliphatic rings. The van der Waals surface area contributed by atoms with Crippen molar-refractivity contribution >= 4 is 11.9 Å². The number of methoxy groups -OCH3 is 1. The maximum atomic E-state index is 12.3. The summed E-state index contributed by atoms with van der Waals surface area (Å²) in [6.45, 7) is -1.12. The summed E-state index contributed by atoms with van der Waals surface area (Å²) in [5.74, 6) is -0.330. The van der Waals surface area contributed by atoms with E-state index >= 15 is 0 Å². The lowest BCUT2D eigenvalue weighted by molar-refractivity contribution is -0.0512. The molecule has 0 unspecified atom stereocenters. The average molecular weight is 322 g/mol. The third kappa shape index (κ3) is 4.15. The van der Waals surface area contributed by atoms with Crippen molar-refractivity contribution < 1.29 is 23.0 Å². The van der Waals surface area contributed by atoms with Crippen molar-refractivity contribution in [2.75, 3.05) is 7.11 Å². The van der Waals surface area contributed by atoms with E-state index in [0.29, 0.717) is 5.56 Å². The van der Waals surface area contributed by atoms with Gasteiger partial charge in [0.2, 0.25) is 0 Å². The number of hydrogen-bond donors (Lipinski definition) is 0. The van der Waals surface area contributed by atoms with E-state index in [1.165, 1.54) is 31.4 Å². The fraction of sp³-hybridized carbons (Fsp3) is 0.250. The molecule has 1 aromatic carbocycles. The first-order valence-corrected chi connectivity index (χ1v) is 6.76. The fourth-order valence-corrected chi connectivity index (χ4v) is 2.06. The van der Waals surface area contributed by atoms with Crippen LogP contribution in [-0.2, 0) is 7.05 Å². The first-order valence-electron chi connectivity index (χ1n) is 6.76. The van der Waals surface area contributed by atoms with E-state index in [0.717, 1.165) is 11.3 Å². The molecule has 122 valence electrons. The molecule has 0 amide bonds. The SMILES string of the molecule is COc1cc(C(=O)/C=C/c2cn(C)nc2C)ccc1OC(F)F. The molecular formula is C16H16F2N2O3. The minimum atomic E-state index is -2.96. The topological polar surface area (TPSA) is 53.4 Å². The van der Waals surface area contributed by atoms with Crippen LogP contribution in [0.3, 0.4) is 0 Å². The van der Waals surface area contributed by atoms with Crippen molar-refractivity contribution in [2.45, 2.75) is 13.5 Å². The van der Waals surface area contributed by atoms with E-state index in [4.69, 9.17) is 4.74 Å². The normalized spacial score (nSPS) is 11.2. The summed E-state index contributed by atoms with van der Waals surface area (Å²) < 4.78 is 35.5. The molecule has 0 fully saturated rings. The number of alkyl halides is 2. The lowest BCUT2D eigenvalue weighted by Crippen LogP contribution is -2.04. The van der Waals surface area contributed by atoms with Gasteiger partial charge in [-0.2, -0.15) is 13.9 Å². The number of aromatic nitrogens is 2. The molecule has 1 heterocycles. The predicted octanol–water partition coefficient (Wildman–Crippen LogP) is 3.23. The number of carbonyl (C=O) groups is 1. The van der Waals surface area contributed by atoms with Crippen LogP contribution in [0.5, 0.6) is 11.5 Å². The largest absolute Gasteiger partial charge is 0.493 e. The average Bonchev–Trinajstić information content (AvgIpc) is 2.82. The van der Waals surface area contributed by atoms with Gasteiger partial charge in [0, 0.05) is 24.4 Å². The van der Waals surface area contributed by atoms with Gasteiger partial charge in [-0.3, -0.25) is 9.48 Å². The fourth-order valence-electron chi connectivity index (χ4n) is 2.06. The van der Waals surface area contributed by atoms with Gasteiger partial charge in [0.05, 0.1) is 12.8 Å². The summed E-state index contributed by atoms with van der Waals surface area (Å²) in [6, 6.07) is 4.05. The van der Waals surface area contributed by atoms with E-state index in [2.05, 4.69) is 9.84 Å². The van der Waals surface area contributed by atoms with Crippen LogP contribution < -0.4 is 9.47 Å². The van der Waals surface area contributed by atoms with Crippen LogP contribution in [0.2, 0.25) is 0 Å². The quantitative estimate of drug-likeness (QED) is 0.605. The lowest BCUT2D eigenvalue weighted by atomic mass is 10.1. The monoisotopic (exact) mass is 322 g/mol. The molecule has 5 nitrogen and oxygen atoms in total. The van der Waals surface area contributed by atoms with Gasteiger partial charge in [-0.1, -0.05) is 0 Å². The zero-order valence-corrected chi connectivity index (χ0v) is 12.9. The number of hydrogen-bond acceptors (Lipinski definition) is 4. The molecule has 2 aromatic rings. The number of ketones is 1. The highest BCUT2D eigenvalue weighted by Gasteiger charge is 2.13. The number of allylic oxidation sites excluding steroid dienone is 1. The Labute approximate surface area is 132 Å². The summed E-state index contributed by atoms with van der Waals surface area (Å²) in [6.07, 6.45) is 4.84. The number of ether oxygens (including phenoxy) is 2. The molecular weight excluding hydrogens is 306 g/mol. The molecule has 0 saturated carbocycles. The number of halogens is 2. The second-order valence-electron chi connectivity index (χ2n) is 4.79. The van der Waals surface area contributed by atoms with Crippen LogP contribution in [0.4, 0.5) is 8.78 Å². The van der Waals surface area contributed by atoms with Crippen LogP contribution in [0, 0.1) is 6.92 Å². The van der Waals surface area contributed by atoms with E-state index in [1.807, 2.05) is 6.92 Å². The molecule has 0 spiro atoms. The number of aryl methyl sites for hydroxylation is 2. The first-order chi connectivity index (χ1) is 10.9. The maximum Gasteiger partial charge on any atom is 0.387 e. The first kappa shape index (κ1) is 16.7. The lowest BCUT2D eigenvalue weighted by Gasteiger charge is -2.10. The molecule has 2 rings (SSSR count). The molecule has 7 heteroatoms. The Bertz CT molecular complexity index is 739. The summed E-state index contributed by atoms with van der Waals surface area (Å²) in [5.41, 5.74) is 1.93. The standard InChI is InChI=1S/C16H16F2N2O3/c1-10-12(9-20(2)19-10)4-6-13(21)11-5-7-14(23-16(17)18)15(8-11)22-3/h4-9,16H,1-3H3/b6-4+. The van der Waals surface area contributed by atoms with E-state index in [-0.39, 0.29) is 17.3 Å². The number of rotatable bonds is 6. The van der Waals surface area contributed by atoms with Gasteiger partial charge in [0.15, 0.2) is 17.3 Å². The molecule has 0 atom stereocenters. The molecule has 23 heavy (non-hydrogen) atoms. The Kier molecular flexibility index (Phi) is 5.10. The molecule has 0 bridgehead atoms. The van der Waals surface area contributed by atoms with Gasteiger partial charge in [-0.15, -0.1) is 0 Å². The van der Waals surface area contributed by atoms with Crippen LogP contribution in [0.1, 0.15) is 21.6 Å². The smallest absolute Gasteiger partial charge is 0.387 e. The Morgan fingerprint density at radius 1 is 1.35 bits per heavy atom. The van der Waals surface area contributed by atoms with Gasteiger partial charge in [0.25, 0.3) is 0 Å². The summed E-state index contributed by atoms with van der Waals surface area (Å²) in [7, 11) is 3.11. The second kappa shape index (κ2) is 7.04. The van der Waals surface area contributed by atoms with Crippen molar-refractivity contribution in [3.63, 3.8) is 0 Å². The number of nitrogens with zero attached hydrogens (tertiary/aromatic N) is 2. The summed E-state index contributed by atoms with van der Waals surface area (Å²) >= 11 is 0. The van der Waals surface area contributed by atoms with Crippen LogP contribution in [0.15, 0.2) is 30.5 Å². The molecule has 0 aliphatic carbocycles. The zero-order valence-electron chi connectivity index (χ0n) is 12.9. The van der Waals surface area contributed by atoms with Crippen LogP contribution >= 0.6 is 0 Å². The number of carbonyl (C=O) groups excluding carboxylic acids is 1. The Hall–Kier alpha value is -2.70. The Balaban J connectivity index is 2.20. The van der Waals surface area contributed by atoms with Gasteiger partial charge >= 0.3 is 6.61 Å². The zero-order chi connectivity index (χ0) is 17.0. The molecule has 0 aliphatic heterocycles. The van der Waals surface area contributed by atoms with Crippen molar-refractivity contribution in [2.24, 2.45) is 7.05 Å². The Morgan fingerprint density at radius 2 is 2.09 bits per heavy atom. The molecule has 0 saturated heterocycles. The minimum absolute atomic E-state index is 0.0714. The van der Waals surface area contributed by atoms with Crippen molar-refractivity contribution in [1.29, 1.82) is 0 Å². The predicted molar refractivity (Wildman–Crippen MR) is 80.9 cm³/mol. The third-order valence-corrected chi connectivity index (χ3v) is 3.13. The highest BCUT2D eigenvalue weighted by molar-refractivity contribution is 6.07.